The molecular weight excluding hydrogens is 246 g/mol. The maximum absolute atomic E-state index is 9.22. The molecule has 0 aliphatic heterocycles. The quantitative estimate of drug-likeness (QED) is 0.765. The number of phenols is 1. The van der Waals surface area contributed by atoms with E-state index in [9.17, 15) is 5.11 Å². The van der Waals surface area contributed by atoms with Crippen molar-refractivity contribution in [3.05, 3.63) is 29.3 Å². The molecule has 0 aliphatic carbocycles. The van der Waals surface area contributed by atoms with Crippen molar-refractivity contribution in [2.75, 3.05) is 6.61 Å². The van der Waals surface area contributed by atoms with Gasteiger partial charge in [-0.15, -0.1) is 17.0 Å². The molecule has 0 radical (unpaired) electrons. The number of aromatic hydroxyl groups is 1. The zero-order chi connectivity index (χ0) is 9.84. The fraction of sp³-hybridized carbons (Fsp3) is 0.400. The molecule has 1 unspecified atom stereocenters. The van der Waals surface area contributed by atoms with Crippen LogP contribution in [0, 0.1) is 6.92 Å². The van der Waals surface area contributed by atoms with E-state index in [0.29, 0.717) is 6.42 Å². The molecule has 4 heteroatoms. The summed E-state index contributed by atoms with van der Waals surface area (Å²) in [5.41, 5.74) is 7.66. The summed E-state index contributed by atoms with van der Waals surface area (Å²) in [6.07, 6.45) is 0.594. The van der Waals surface area contributed by atoms with Gasteiger partial charge in [0.1, 0.15) is 5.75 Å². The Hall–Kier alpha value is -0.580. The number of aliphatic hydroxyl groups is 1. The minimum Gasteiger partial charge on any atom is -0.508 e. The first-order valence-corrected chi connectivity index (χ1v) is 4.28. The van der Waals surface area contributed by atoms with Crippen LogP contribution < -0.4 is 5.73 Å². The third kappa shape index (κ3) is 3.65. The molecule has 14 heavy (non-hydrogen) atoms. The Labute approximate surface area is 94.3 Å². The lowest BCUT2D eigenvalue weighted by Gasteiger charge is -2.10. The molecule has 0 heterocycles. The first-order chi connectivity index (χ1) is 6.13. The van der Waals surface area contributed by atoms with E-state index in [2.05, 4.69) is 0 Å². The van der Waals surface area contributed by atoms with Crippen molar-refractivity contribution < 1.29 is 10.2 Å². The van der Waals surface area contributed by atoms with Crippen molar-refractivity contribution in [3.8, 4) is 5.75 Å². The van der Waals surface area contributed by atoms with Gasteiger partial charge in [-0.2, -0.15) is 0 Å². The third-order valence-electron chi connectivity index (χ3n) is 2.05. The number of hydrogen-bond acceptors (Lipinski definition) is 3. The summed E-state index contributed by atoms with van der Waals surface area (Å²) >= 11 is 0. The van der Waals surface area contributed by atoms with Gasteiger partial charge in [0.15, 0.2) is 0 Å². The Morgan fingerprint density at radius 1 is 1.43 bits per heavy atom. The smallest absolute Gasteiger partial charge is 0.115 e. The van der Waals surface area contributed by atoms with Gasteiger partial charge in [0, 0.05) is 6.04 Å². The molecule has 4 N–H and O–H groups in total. The van der Waals surface area contributed by atoms with Crippen LogP contribution in [0.1, 0.15) is 11.1 Å². The molecule has 0 bridgehead atoms. The van der Waals surface area contributed by atoms with Crippen molar-refractivity contribution >= 4 is 17.0 Å². The second kappa shape index (κ2) is 6.01. The topological polar surface area (TPSA) is 66.5 Å². The molecule has 1 aromatic rings. The minimum atomic E-state index is -0.250. The zero-order valence-corrected chi connectivity index (χ0v) is 9.82. The summed E-state index contributed by atoms with van der Waals surface area (Å²) in [7, 11) is 0. The molecule has 80 valence electrons. The highest BCUT2D eigenvalue weighted by molar-refractivity contribution is 8.93. The van der Waals surface area contributed by atoms with Gasteiger partial charge in [0.25, 0.3) is 0 Å². The Kier molecular flexibility index (Phi) is 5.76. The molecule has 3 nitrogen and oxygen atoms in total. The molecule has 1 aromatic carbocycles. The first-order valence-electron chi connectivity index (χ1n) is 4.28. The largest absolute Gasteiger partial charge is 0.508 e. The van der Waals surface area contributed by atoms with E-state index >= 15 is 0 Å². The number of aliphatic hydroxyl groups excluding tert-OH is 1. The van der Waals surface area contributed by atoms with Gasteiger partial charge in [-0.25, -0.2) is 0 Å². The van der Waals surface area contributed by atoms with Gasteiger partial charge >= 0.3 is 0 Å². The van der Waals surface area contributed by atoms with Crippen molar-refractivity contribution in [3.63, 3.8) is 0 Å². The van der Waals surface area contributed by atoms with Gasteiger partial charge in [-0.1, -0.05) is 6.07 Å². The van der Waals surface area contributed by atoms with E-state index in [-0.39, 0.29) is 35.4 Å². The van der Waals surface area contributed by atoms with Crippen LogP contribution in [0.3, 0.4) is 0 Å². The number of halogens is 1. The Morgan fingerprint density at radius 3 is 2.64 bits per heavy atom. The second-order valence-electron chi connectivity index (χ2n) is 3.26. The molecular formula is C10H16BrNO2. The van der Waals surface area contributed by atoms with Crippen LogP contribution in [0.25, 0.3) is 0 Å². The molecule has 0 spiro atoms. The molecule has 0 saturated carbocycles. The molecule has 0 amide bonds. The molecule has 1 rings (SSSR count). The monoisotopic (exact) mass is 261 g/mol. The number of phenolic OH excluding ortho intramolecular Hbond substituents is 1. The fourth-order valence-corrected chi connectivity index (χ4v) is 1.22. The van der Waals surface area contributed by atoms with Gasteiger partial charge in [-0.3, -0.25) is 0 Å². The van der Waals surface area contributed by atoms with Crippen LogP contribution in [0.4, 0.5) is 0 Å². The van der Waals surface area contributed by atoms with Crippen LogP contribution in [0.15, 0.2) is 18.2 Å². The molecule has 0 fully saturated rings. The molecule has 1 atom stereocenters. The van der Waals surface area contributed by atoms with Gasteiger partial charge in [0.05, 0.1) is 6.61 Å². The number of rotatable bonds is 3. The highest BCUT2D eigenvalue weighted by Gasteiger charge is 2.05. The van der Waals surface area contributed by atoms with E-state index in [1.165, 1.54) is 0 Å². The Balaban J connectivity index is 0.00000169. The minimum absolute atomic E-state index is 0. The maximum atomic E-state index is 9.22. The number of benzene rings is 1. The number of hydrogen-bond donors (Lipinski definition) is 3. The number of aryl methyl sites for hydroxylation is 1. The number of nitrogens with two attached hydrogens (primary N) is 1. The summed E-state index contributed by atoms with van der Waals surface area (Å²) in [5, 5.41) is 18.0. The van der Waals surface area contributed by atoms with Crippen molar-refractivity contribution in [2.45, 2.75) is 19.4 Å². The van der Waals surface area contributed by atoms with Crippen LogP contribution in [0.2, 0.25) is 0 Å². The van der Waals surface area contributed by atoms with E-state index < -0.39 is 0 Å². The zero-order valence-electron chi connectivity index (χ0n) is 8.10. The van der Waals surface area contributed by atoms with E-state index in [1.54, 1.807) is 12.1 Å². The summed E-state index contributed by atoms with van der Waals surface area (Å²) < 4.78 is 0. The first kappa shape index (κ1) is 13.4. The standard InChI is InChI=1S/C10H15NO2.BrH/c1-7-2-3-10(13)5-8(7)4-9(11)6-12;/h2-3,5,9,12-13H,4,6,11H2,1H3;1H. The van der Waals surface area contributed by atoms with Crippen molar-refractivity contribution in [2.24, 2.45) is 5.73 Å². The van der Waals surface area contributed by atoms with Crippen molar-refractivity contribution in [1.29, 1.82) is 0 Å². The lowest BCUT2D eigenvalue weighted by molar-refractivity contribution is 0.265. The van der Waals surface area contributed by atoms with Crippen LogP contribution in [0.5, 0.6) is 5.75 Å². The highest BCUT2D eigenvalue weighted by Crippen LogP contribution is 2.16. The van der Waals surface area contributed by atoms with E-state index in [4.69, 9.17) is 10.8 Å². The second-order valence-corrected chi connectivity index (χ2v) is 3.26. The molecule has 0 saturated heterocycles. The van der Waals surface area contributed by atoms with E-state index in [0.717, 1.165) is 11.1 Å². The van der Waals surface area contributed by atoms with Crippen molar-refractivity contribution in [1.82, 2.24) is 0 Å². The summed E-state index contributed by atoms with van der Waals surface area (Å²) in [6.45, 7) is 1.92. The van der Waals surface area contributed by atoms with Gasteiger partial charge < -0.3 is 15.9 Å². The predicted octanol–water partition coefficient (Wildman–Crippen LogP) is 1.14. The van der Waals surface area contributed by atoms with Crippen LogP contribution >= 0.6 is 17.0 Å². The predicted molar refractivity (Wildman–Crippen MR) is 61.9 cm³/mol. The highest BCUT2D eigenvalue weighted by atomic mass is 79.9. The van der Waals surface area contributed by atoms with E-state index in [1.807, 2.05) is 13.0 Å². The Bertz CT molecular complexity index is 291. The third-order valence-corrected chi connectivity index (χ3v) is 2.05. The molecule has 0 aromatic heterocycles. The Morgan fingerprint density at radius 2 is 2.07 bits per heavy atom. The normalized spacial score (nSPS) is 11.9. The van der Waals surface area contributed by atoms with Crippen LogP contribution in [-0.4, -0.2) is 22.9 Å². The average Bonchev–Trinajstić information content (AvgIpc) is 2.11. The average molecular weight is 262 g/mol. The van der Waals surface area contributed by atoms with Gasteiger partial charge in [-0.05, 0) is 36.6 Å². The SMILES string of the molecule is Br.Cc1ccc(O)cc1CC(N)CO. The summed E-state index contributed by atoms with van der Waals surface area (Å²) in [5.74, 6) is 0.241. The van der Waals surface area contributed by atoms with Crippen LogP contribution in [-0.2, 0) is 6.42 Å². The lowest BCUT2D eigenvalue weighted by Crippen LogP contribution is -2.27. The van der Waals surface area contributed by atoms with Gasteiger partial charge in [0.2, 0.25) is 0 Å². The maximum Gasteiger partial charge on any atom is 0.115 e. The fourth-order valence-electron chi connectivity index (χ4n) is 1.22. The summed E-state index contributed by atoms with van der Waals surface area (Å²) in [4.78, 5) is 0. The summed E-state index contributed by atoms with van der Waals surface area (Å²) in [6, 6.07) is 4.92. The molecule has 0 aliphatic rings. The lowest BCUT2D eigenvalue weighted by atomic mass is 10.0.